The Balaban J connectivity index is 5.30. The van der Waals surface area contributed by atoms with Crippen LogP contribution >= 0.6 is 0 Å². The van der Waals surface area contributed by atoms with Gasteiger partial charge in [0.25, 0.3) is 0 Å². The van der Waals surface area contributed by atoms with Crippen LogP contribution in [0.1, 0.15) is 21.1 Å². The maximum absolute atomic E-state index is 11.9. The Kier molecular flexibility index (Phi) is 4.77. The predicted molar refractivity (Wildman–Crippen MR) is 57.8 cm³/mol. The maximum Gasteiger partial charge on any atom is 0.199 e. The first-order valence-electron chi connectivity index (χ1n) is 5.63. The number of carboxylic acids is 1. The minimum absolute atomic E-state index is 0.153. The number of nitrogens with zero attached hydrogens (tertiary/aromatic N) is 1. The molecule has 0 heterocycles. The summed E-state index contributed by atoms with van der Waals surface area (Å²) in [6.45, 7) is 1.21. The molecule has 0 saturated heterocycles. The molecule has 17 heavy (non-hydrogen) atoms. The Labute approximate surface area is 102 Å². The molecule has 0 aromatic carbocycles. The molecule has 0 aliphatic carbocycles. The number of carboxylic acid groups (broad SMARTS) is 1. The highest BCUT2D eigenvalue weighted by Crippen LogP contribution is 2.14. The van der Waals surface area contributed by atoms with E-state index in [4.69, 9.17) is 1.37 Å². The molecule has 2 atom stereocenters. The summed E-state index contributed by atoms with van der Waals surface area (Å²) in [7, 11) is 4.62. The lowest BCUT2D eigenvalue weighted by Crippen LogP contribution is -2.57. The van der Waals surface area contributed by atoms with Gasteiger partial charge in [0.2, 0.25) is 0 Å². The molecular weight excluding hydrogens is 226 g/mol. The molecule has 0 amide bonds. The van der Waals surface area contributed by atoms with Crippen LogP contribution in [0.15, 0.2) is 0 Å². The van der Waals surface area contributed by atoms with E-state index in [1.54, 1.807) is 0 Å². The summed E-state index contributed by atoms with van der Waals surface area (Å²) in [6, 6.07) is -1.33. The molecule has 98 valence electrons. The molecule has 0 aliphatic rings. The summed E-state index contributed by atoms with van der Waals surface area (Å²) >= 11 is 0. The van der Waals surface area contributed by atoms with Gasteiger partial charge in [-0.3, -0.25) is 9.59 Å². The van der Waals surface area contributed by atoms with Crippen molar-refractivity contribution < 1.29 is 30.5 Å². The standard InChI is InChI=1S/C11H19NO5/c1-7(13)5-8(14)11(12(2,3)4)9(15)6-10(16)17/h9,11,15H,5-6H2,1-4H3/i9D. The molecule has 0 radical (unpaired) electrons. The van der Waals surface area contributed by atoms with Crippen LogP contribution in [0.2, 0.25) is 0 Å². The van der Waals surface area contributed by atoms with Crippen LogP contribution in [0.3, 0.4) is 0 Å². The van der Waals surface area contributed by atoms with E-state index in [0.717, 1.165) is 0 Å². The van der Waals surface area contributed by atoms with Gasteiger partial charge >= 0.3 is 0 Å². The third kappa shape index (κ3) is 5.55. The van der Waals surface area contributed by atoms with Crippen LogP contribution in [0.5, 0.6) is 0 Å². The van der Waals surface area contributed by atoms with E-state index in [1.807, 2.05) is 0 Å². The van der Waals surface area contributed by atoms with Crippen molar-refractivity contribution in [2.75, 3.05) is 21.1 Å². The lowest BCUT2D eigenvalue weighted by Gasteiger charge is -2.35. The molecule has 6 heteroatoms. The fourth-order valence-electron chi connectivity index (χ4n) is 1.65. The minimum Gasteiger partial charge on any atom is -0.550 e. The SMILES string of the molecule is [2H]C(O)(CC(=O)[O-])C(C(=O)CC(C)=O)[N+](C)(C)C. The summed E-state index contributed by atoms with van der Waals surface area (Å²) in [4.78, 5) is 33.3. The molecule has 0 aromatic heterocycles. The molecule has 0 saturated carbocycles. The number of hydrogen-bond donors (Lipinski definition) is 1. The van der Waals surface area contributed by atoms with Gasteiger partial charge in [0.15, 0.2) is 11.8 Å². The number of hydrogen-bond acceptors (Lipinski definition) is 5. The summed E-state index contributed by atoms with van der Waals surface area (Å²) in [6.07, 6.45) is -3.94. The Morgan fingerprint density at radius 3 is 2.12 bits per heavy atom. The van der Waals surface area contributed by atoms with Crippen molar-refractivity contribution in [2.45, 2.75) is 31.9 Å². The third-order valence-electron chi connectivity index (χ3n) is 2.14. The molecule has 0 rings (SSSR count). The Morgan fingerprint density at radius 2 is 1.82 bits per heavy atom. The first-order valence-corrected chi connectivity index (χ1v) is 5.13. The quantitative estimate of drug-likeness (QED) is 0.418. The van der Waals surface area contributed by atoms with Crippen molar-refractivity contribution in [1.29, 1.82) is 0 Å². The Morgan fingerprint density at radius 1 is 1.35 bits per heavy atom. The number of aliphatic carboxylic acids is 1. The van der Waals surface area contributed by atoms with Crippen molar-refractivity contribution in [1.82, 2.24) is 0 Å². The number of carbonyl (C=O) groups excluding carboxylic acids is 3. The van der Waals surface area contributed by atoms with Crippen LogP contribution in [0.25, 0.3) is 0 Å². The first-order chi connectivity index (χ1) is 7.88. The number of carbonyl (C=O) groups is 3. The topological polar surface area (TPSA) is 94.5 Å². The van der Waals surface area contributed by atoms with Gasteiger partial charge in [-0.1, -0.05) is 0 Å². The third-order valence-corrected chi connectivity index (χ3v) is 2.14. The van der Waals surface area contributed by atoms with Crippen molar-refractivity contribution in [3.63, 3.8) is 0 Å². The van der Waals surface area contributed by atoms with Crippen LogP contribution < -0.4 is 5.11 Å². The number of aliphatic hydroxyl groups is 1. The molecule has 0 bridgehead atoms. The number of quaternary nitrogens is 1. The molecule has 0 aromatic rings. The minimum atomic E-state index is -2.51. The first kappa shape index (κ1) is 13.8. The second kappa shape index (κ2) is 5.88. The van der Waals surface area contributed by atoms with Crippen molar-refractivity contribution in [3.05, 3.63) is 0 Å². The zero-order chi connectivity index (χ0) is 14.7. The van der Waals surface area contributed by atoms with Gasteiger partial charge in [0, 0.05) is 12.4 Å². The predicted octanol–water partition coefficient (Wildman–Crippen LogP) is -1.89. The fraction of sp³-hybridized carbons (Fsp3) is 0.727. The molecule has 0 spiro atoms. The average molecular weight is 246 g/mol. The van der Waals surface area contributed by atoms with Gasteiger partial charge < -0.3 is 19.5 Å². The lowest BCUT2D eigenvalue weighted by atomic mass is 9.97. The average Bonchev–Trinajstić information content (AvgIpc) is 1.93. The molecule has 6 nitrogen and oxygen atoms in total. The number of rotatable bonds is 7. The van der Waals surface area contributed by atoms with E-state index >= 15 is 0 Å². The lowest BCUT2D eigenvalue weighted by molar-refractivity contribution is -0.890. The van der Waals surface area contributed by atoms with Gasteiger partial charge in [-0.2, -0.15) is 0 Å². The van der Waals surface area contributed by atoms with Crippen LogP contribution in [-0.2, 0) is 14.4 Å². The van der Waals surface area contributed by atoms with E-state index < -0.39 is 42.5 Å². The van der Waals surface area contributed by atoms with Crippen LogP contribution in [-0.4, -0.2) is 60.4 Å². The van der Waals surface area contributed by atoms with Gasteiger partial charge in [0.1, 0.15) is 11.9 Å². The molecule has 0 fully saturated rings. The number of ketones is 2. The highest BCUT2D eigenvalue weighted by molar-refractivity contribution is 6.00. The molecular formula is C11H19NO5. The molecule has 2 unspecified atom stereocenters. The van der Waals surface area contributed by atoms with Crippen LogP contribution in [0, 0.1) is 0 Å². The summed E-state index contributed by atoms with van der Waals surface area (Å²) in [5.41, 5.74) is 0. The van der Waals surface area contributed by atoms with Crippen molar-refractivity contribution in [2.24, 2.45) is 0 Å². The normalized spacial score (nSPS) is 17.8. The van der Waals surface area contributed by atoms with E-state index in [9.17, 15) is 24.6 Å². The zero-order valence-electron chi connectivity index (χ0n) is 11.5. The van der Waals surface area contributed by atoms with E-state index in [0.29, 0.717) is 0 Å². The number of Topliss-reactive ketones (excluding diaryl/α,β-unsaturated/α-hetero) is 2. The second-order valence-corrected chi connectivity index (χ2v) is 4.90. The van der Waals surface area contributed by atoms with Crippen molar-refractivity contribution in [3.8, 4) is 0 Å². The van der Waals surface area contributed by atoms with Gasteiger partial charge in [-0.25, -0.2) is 0 Å². The largest absolute Gasteiger partial charge is 0.550 e. The van der Waals surface area contributed by atoms with Crippen molar-refractivity contribution >= 4 is 17.5 Å². The zero-order valence-corrected chi connectivity index (χ0v) is 10.5. The summed E-state index contributed by atoms with van der Waals surface area (Å²) in [5, 5.41) is 20.4. The maximum atomic E-state index is 11.9. The highest BCUT2D eigenvalue weighted by atomic mass is 16.4. The monoisotopic (exact) mass is 246 g/mol. The van der Waals surface area contributed by atoms with E-state index in [2.05, 4.69) is 0 Å². The molecule has 0 aliphatic heterocycles. The summed E-state index contributed by atoms with van der Waals surface area (Å²) in [5.74, 6) is -2.68. The van der Waals surface area contributed by atoms with Gasteiger partial charge in [-0.05, 0) is 6.92 Å². The van der Waals surface area contributed by atoms with Gasteiger partial charge in [-0.15, -0.1) is 0 Å². The van der Waals surface area contributed by atoms with E-state index in [-0.39, 0.29) is 4.48 Å². The Bertz CT molecular complexity index is 359. The Hall–Kier alpha value is -1.27. The van der Waals surface area contributed by atoms with Crippen LogP contribution in [0.4, 0.5) is 0 Å². The van der Waals surface area contributed by atoms with Gasteiger partial charge in [0.05, 0.1) is 28.9 Å². The highest BCUT2D eigenvalue weighted by Gasteiger charge is 2.38. The smallest absolute Gasteiger partial charge is 0.199 e. The summed E-state index contributed by atoms with van der Waals surface area (Å²) < 4.78 is 7.48. The fourth-order valence-corrected chi connectivity index (χ4v) is 1.65. The number of likely N-dealkylation sites (N-methyl/N-ethyl adjacent to an activating group) is 1. The van der Waals surface area contributed by atoms with E-state index in [1.165, 1.54) is 28.1 Å². The second-order valence-electron chi connectivity index (χ2n) is 4.90. The molecule has 1 N–H and O–H groups in total.